The Bertz CT molecular complexity index is 378. The van der Waals surface area contributed by atoms with E-state index < -0.39 is 0 Å². The van der Waals surface area contributed by atoms with Crippen LogP contribution >= 0.6 is 15.9 Å². The molecular weight excluding hydrogens is 283 g/mol. The van der Waals surface area contributed by atoms with Crippen molar-refractivity contribution in [2.45, 2.75) is 38.3 Å². The molecule has 0 aromatic heterocycles. The standard InChI is InChI=1S/C13H18BrFN2/c1-9(7-11-3-2-6-16-11)17-13-5-4-10(14)8-12(13)15/h4-5,8-9,11,16-17H,2-3,6-7H2,1H3. The van der Waals surface area contributed by atoms with Gasteiger partial charge in [-0.15, -0.1) is 0 Å². The molecule has 2 unspecified atom stereocenters. The Morgan fingerprint density at radius 1 is 1.59 bits per heavy atom. The second-order valence-electron chi connectivity index (χ2n) is 4.70. The molecule has 17 heavy (non-hydrogen) atoms. The normalized spacial score (nSPS) is 21.5. The molecule has 1 heterocycles. The number of anilines is 1. The van der Waals surface area contributed by atoms with Crippen molar-refractivity contribution in [3.63, 3.8) is 0 Å². The SMILES string of the molecule is CC(CC1CCCN1)Nc1ccc(Br)cc1F. The molecular formula is C13H18BrFN2. The van der Waals surface area contributed by atoms with Gasteiger partial charge in [-0.2, -0.15) is 0 Å². The van der Waals surface area contributed by atoms with Crippen LogP contribution in [0.3, 0.4) is 0 Å². The Hall–Kier alpha value is -0.610. The zero-order valence-electron chi connectivity index (χ0n) is 9.97. The number of halogens is 2. The third-order valence-corrected chi connectivity index (χ3v) is 3.63. The summed E-state index contributed by atoms with van der Waals surface area (Å²) in [4.78, 5) is 0. The molecule has 4 heteroatoms. The highest BCUT2D eigenvalue weighted by atomic mass is 79.9. The topological polar surface area (TPSA) is 24.1 Å². The Labute approximate surface area is 110 Å². The summed E-state index contributed by atoms with van der Waals surface area (Å²) in [6, 6.07) is 5.98. The van der Waals surface area contributed by atoms with E-state index in [1.54, 1.807) is 6.07 Å². The van der Waals surface area contributed by atoms with Gasteiger partial charge in [0.2, 0.25) is 0 Å². The fraction of sp³-hybridized carbons (Fsp3) is 0.538. The van der Waals surface area contributed by atoms with Gasteiger partial charge in [0, 0.05) is 16.6 Å². The predicted molar refractivity (Wildman–Crippen MR) is 72.8 cm³/mol. The molecule has 1 aromatic carbocycles. The maximum atomic E-state index is 13.6. The van der Waals surface area contributed by atoms with E-state index in [1.165, 1.54) is 18.9 Å². The molecule has 2 atom stereocenters. The number of hydrogen-bond donors (Lipinski definition) is 2. The first-order valence-corrected chi connectivity index (χ1v) is 6.89. The molecule has 2 nitrogen and oxygen atoms in total. The van der Waals surface area contributed by atoms with Gasteiger partial charge in [0.25, 0.3) is 0 Å². The van der Waals surface area contributed by atoms with Crippen LogP contribution in [0.1, 0.15) is 26.2 Å². The summed E-state index contributed by atoms with van der Waals surface area (Å²) in [5.74, 6) is -0.203. The quantitative estimate of drug-likeness (QED) is 0.889. The van der Waals surface area contributed by atoms with E-state index in [1.807, 2.05) is 6.07 Å². The summed E-state index contributed by atoms with van der Waals surface area (Å²) < 4.78 is 14.4. The van der Waals surface area contributed by atoms with Crippen LogP contribution in [0.15, 0.2) is 22.7 Å². The van der Waals surface area contributed by atoms with Crippen molar-refractivity contribution in [3.8, 4) is 0 Å². The van der Waals surface area contributed by atoms with E-state index in [0.717, 1.165) is 17.4 Å². The monoisotopic (exact) mass is 300 g/mol. The predicted octanol–water partition coefficient (Wildman–Crippen LogP) is 3.53. The van der Waals surface area contributed by atoms with Crippen molar-refractivity contribution >= 4 is 21.6 Å². The summed E-state index contributed by atoms with van der Waals surface area (Å²) in [6.45, 7) is 3.21. The lowest BCUT2D eigenvalue weighted by molar-refractivity contribution is 0.521. The van der Waals surface area contributed by atoms with E-state index in [9.17, 15) is 4.39 Å². The zero-order valence-corrected chi connectivity index (χ0v) is 11.6. The molecule has 0 radical (unpaired) electrons. The maximum absolute atomic E-state index is 13.6. The molecule has 1 aliphatic rings. The maximum Gasteiger partial charge on any atom is 0.147 e. The third kappa shape index (κ3) is 3.68. The van der Waals surface area contributed by atoms with Gasteiger partial charge in [0.05, 0.1) is 5.69 Å². The molecule has 0 aliphatic carbocycles. The average Bonchev–Trinajstić information content (AvgIpc) is 2.75. The van der Waals surface area contributed by atoms with Gasteiger partial charge < -0.3 is 10.6 Å². The van der Waals surface area contributed by atoms with E-state index in [-0.39, 0.29) is 11.9 Å². The molecule has 0 spiro atoms. The molecule has 2 rings (SSSR count). The van der Waals surface area contributed by atoms with E-state index >= 15 is 0 Å². The van der Waals surface area contributed by atoms with Gasteiger partial charge in [-0.1, -0.05) is 15.9 Å². The van der Waals surface area contributed by atoms with Crippen LogP contribution in [0.2, 0.25) is 0 Å². The minimum atomic E-state index is -0.203. The molecule has 0 amide bonds. The van der Waals surface area contributed by atoms with E-state index in [0.29, 0.717) is 11.7 Å². The Kier molecular flexibility index (Phi) is 4.40. The zero-order chi connectivity index (χ0) is 12.3. The van der Waals surface area contributed by atoms with Crippen molar-refractivity contribution in [2.75, 3.05) is 11.9 Å². The highest BCUT2D eigenvalue weighted by molar-refractivity contribution is 9.10. The molecule has 1 saturated heterocycles. The largest absolute Gasteiger partial charge is 0.380 e. The summed E-state index contributed by atoms with van der Waals surface area (Å²) in [7, 11) is 0. The highest BCUT2D eigenvalue weighted by Gasteiger charge is 2.17. The average molecular weight is 301 g/mol. The van der Waals surface area contributed by atoms with Crippen LogP contribution in [0, 0.1) is 5.82 Å². The van der Waals surface area contributed by atoms with Crippen molar-refractivity contribution < 1.29 is 4.39 Å². The van der Waals surface area contributed by atoms with Gasteiger partial charge in [0.15, 0.2) is 0 Å². The van der Waals surface area contributed by atoms with Gasteiger partial charge in [-0.05, 0) is 50.9 Å². The Morgan fingerprint density at radius 3 is 3.06 bits per heavy atom. The smallest absolute Gasteiger partial charge is 0.147 e. The van der Waals surface area contributed by atoms with Gasteiger partial charge in [-0.3, -0.25) is 0 Å². The van der Waals surface area contributed by atoms with Crippen molar-refractivity contribution in [3.05, 3.63) is 28.5 Å². The number of hydrogen-bond acceptors (Lipinski definition) is 2. The molecule has 1 aliphatic heterocycles. The second-order valence-corrected chi connectivity index (χ2v) is 5.61. The van der Waals surface area contributed by atoms with E-state index in [4.69, 9.17) is 0 Å². The minimum Gasteiger partial charge on any atom is -0.380 e. The summed E-state index contributed by atoms with van der Waals surface area (Å²) in [6.07, 6.45) is 3.52. The molecule has 0 bridgehead atoms. The number of nitrogens with one attached hydrogen (secondary N) is 2. The number of rotatable bonds is 4. The lowest BCUT2D eigenvalue weighted by Crippen LogP contribution is -2.29. The molecule has 1 fully saturated rings. The lowest BCUT2D eigenvalue weighted by Gasteiger charge is -2.19. The highest BCUT2D eigenvalue weighted by Crippen LogP contribution is 2.21. The van der Waals surface area contributed by atoms with Crippen molar-refractivity contribution in [1.82, 2.24) is 5.32 Å². The fourth-order valence-corrected chi connectivity index (χ4v) is 2.65. The van der Waals surface area contributed by atoms with Crippen LogP contribution in [0.4, 0.5) is 10.1 Å². The molecule has 0 saturated carbocycles. The summed E-state index contributed by atoms with van der Waals surface area (Å²) >= 11 is 3.26. The molecule has 94 valence electrons. The summed E-state index contributed by atoms with van der Waals surface area (Å²) in [5, 5.41) is 6.68. The van der Waals surface area contributed by atoms with Gasteiger partial charge in [-0.25, -0.2) is 4.39 Å². The minimum absolute atomic E-state index is 0.203. The van der Waals surface area contributed by atoms with Crippen molar-refractivity contribution in [1.29, 1.82) is 0 Å². The lowest BCUT2D eigenvalue weighted by atomic mass is 10.1. The molecule has 1 aromatic rings. The van der Waals surface area contributed by atoms with Crippen LogP contribution in [0.5, 0.6) is 0 Å². The first-order chi connectivity index (χ1) is 8.15. The first-order valence-electron chi connectivity index (χ1n) is 6.10. The fourth-order valence-electron chi connectivity index (χ4n) is 2.32. The number of benzene rings is 1. The van der Waals surface area contributed by atoms with Gasteiger partial charge >= 0.3 is 0 Å². The van der Waals surface area contributed by atoms with Crippen LogP contribution in [-0.4, -0.2) is 18.6 Å². The Morgan fingerprint density at radius 2 is 2.41 bits per heavy atom. The second kappa shape index (κ2) is 5.83. The first kappa shape index (κ1) is 12.8. The Balaban J connectivity index is 1.90. The van der Waals surface area contributed by atoms with E-state index in [2.05, 4.69) is 33.5 Å². The van der Waals surface area contributed by atoms with Gasteiger partial charge in [0.1, 0.15) is 5.82 Å². The van der Waals surface area contributed by atoms with Crippen LogP contribution < -0.4 is 10.6 Å². The van der Waals surface area contributed by atoms with Crippen molar-refractivity contribution in [2.24, 2.45) is 0 Å². The molecule has 2 N–H and O–H groups in total. The van der Waals surface area contributed by atoms with Crippen LogP contribution in [0.25, 0.3) is 0 Å². The summed E-state index contributed by atoms with van der Waals surface area (Å²) in [5.41, 5.74) is 0.582. The third-order valence-electron chi connectivity index (χ3n) is 3.13. The van der Waals surface area contributed by atoms with Crippen LogP contribution in [-0.2, 0) is 0 Å².